The topological polar surface area (TPSA) is 52.0 Å². The maximum absolute atomic E-state index is 12.9. The Labute approximate surface area is 146 Å². The molecule has 2 heterocycles. The van der Waals surface area contributed by atoms with E-state index >= 15 is 0 Å². The van der Waals surface area contributed by atoms with E-state index in [4.69, 9.17) is 4.74 Å². The zero-order chi connectivity index (χ0) is 18.7. The lowest BCUT2D eigenvalue weighted by molar-refractivity contribution is -0.137. The van der Waals surface area contributed by atoms with Crippen LogP contribution >= 0.6 is 0 Å². The molecule has 0 unspecified atom stereocenters. The van der Waals surface area contributed by atoms with Crippen LogP contribution in [0.2, 0.25) is 25.7 Å². The van der Waals surface area contributed by atoms with Gasteiger partial charge in [-0.3, -0.25) is 4.57 Å². The summed E-state index contributed by atoms with van der Waals surface area (Å²) in [5.74, 6) is 0.487. The summed E-state index contributed by atoms with van der Waals surface area (Å²) in [6.07, 6.45) is -1.15. The van der Waals surface area contributed by atoms with Crippen LogP contribution in [0.5, 0.6) is 0 Å². The fraction of sp³-hybridized carbons (Fsp3) is 0.500. The predicted molar refractivity (Wildman–Crippen MR) is 93.6 cm³/mol. The number of aromatic nitrogens is 3. The summed E-state index contributed by atoms with van der Waals surface area (Å²) < 4.78 is 46.1. The molecule has 2 aromatic rings. The molecule has 0 radical (unpaired) electrons. The first kappa shape index (κ1) is 19.5. The van der Waals surface area contributed by atoms with Gasteiger partial charge in [0.05, 0.1) is 5.56 Å². The monoisotopic (exact) mass is 372 g/mol. The highest BCUT2D eigenvalue weighted by atomic mass is 28.3. The zero-order valence-electron chi connectivity index (χ0n) is 14.8. The van der Waals surface area contributed by atoms with Gasteiger partial charge >= 0.3 is 6.18 Å². The Bertz CT molecular complexity index is 710. The lowest BCUT2D eigenvalue weighted by Crippen LogP contribution is -2.22. The van der Waals surface area contributed by atoms with Crippen molar-refractivity contribution < 1.29 is 17.9 Å². The van der Waals surface area contributed by atoms with Gasteiger partial charge in [-0.15, -0.1) is 0 Å². The average Bonchev–Trinajstić information content (AvgIpc) is 2.88. The first-order valence-electron chi connectivity index (χ1n) is 7.96. The van der Waals surface area contributed by atoms with Crippen LogP contribution < -0.4 is 5.32 Å². The molecule has 2 aromatic heterocycles. The second-order valence-electron chi connectivity index (χ2n) is 7.07. The third-order valence-electron chi connectivity index (χ3n) is 3.46. The van der Waals surface area contributed by atoms with Gasteiger partial charge in [0, 0.05) is 32.8 Å². The molecule has 1 N–H and O–H groups in total. The largest absolute Gasteiger partial charge is 0.416 e. The summed E-state index contributed by atoms with van der Waals surface area (Å²) in [5, 5.41) is 2.83. The number of imidazole rings is 1. The Hall–Kier alpha value is -1.87. The van der Waals surface area contributed by atoms with Gasteiger partial charge in [0.2, 0.25) is 5.95 Å². The lowest BCUT2D eigenvalue weighted by atomic mass is 10.2. The van der Waals surface area contributed by atoms with Crippen molar-refractivity contribution in [2.24, 2.45) is 0 Å². The van der Waals surface area contributed by atoms with Crippen LogP contribution in [-0.2, 0) is 17.6 Å². The van der Waals surface area contributed by atoms with Crippen LogP contribution in [0.15, 0.2) is 24.5 Å². The molecule has 25 heavy (non-hydrogen) atoms. The Morgan fingerprint density at radius 3 is 2.60 bits per heavy atom. The summed E-state index contributed by atoms with van der Waals surface area (Å²) in [6.45, 7) is 9.25. The van der Waals surface area contributed by atoms with Crippen molar-refractivity contribution in [2.45, 2.75) is 45.5 Å². The summed E-state index contributed by atoms with van der Waals surface area (Å²) in [5.41, 5.74) is -0.464. The van der Waals surface area contributed by atoms with Crippen LogP contribution in [0.3, 0.4) is 0 Å². The number of hydrogen-bond acceptors (Lipinski definition) is 4. The molecule has 2 rings (SSSR count). The molecule has 0 spiro atoms. The Balaban J connectivity index is 2.05. The van der Waals surface area contributed by atoms with Gasteiger partial charge in [0.25, 0.3) is 0 Å². The summed E-state index contributed by atoms with van der Waals surface area (Å²) in [7, 11) is -1.17. The van der Waals surface area contributed by atoms with E-state index in [1.165, 1.54) is 6.92 Å². The van der Waals surface area contributed by atoms with E-state index in [0.717, 1.165) is 18.2 Å². The van der Waals surface area contributed by atoms with E-state index < -0.39 is 19.8 Å². The normalized spacial score (nSPS) is 12.4. The van der Waals surface area contributed by atoms with Crippen LogP contribution in [0.4, 0.5) is 24.9 Å². The number of aryl methyl sites for hydroxylation is 1. The van der Waals surface area contributed by atoms with E-state index in [-0.39, 0.29) is 18.2 Å². The minimum Gasteiger partial charge on any atom is -0.361 e. The molecule has 5 nitrogen and oxygen atoms in total. The lowest BCUT2D eigenvalue weighted by Gasteiger charge is -2.16. The molecule has 0 aliphatic carbocycles. The molecule has 0 atom stereocenters. The zero-order valence-corrected chi connectivity index (χ0v) is 15.8. The molecule has 0 saturated heterocycles. The van der Waals surface area contributed by atoms with E-state index in [1.54, 1.807) is 17.0 Å². The van der Waals surface area contributed by atoms with Gasteiger partial charge in [0.15, 0.2) is 0 Å². The van der Waals surface area contributed by atoms with Gasteiger partial charge < -0.3 is 10.1 Å². The van der Waals surface area contributed by atoms with Crippen LogP contribution in [-0.4, -0.2) is 29.2 Å². The summed E-state index contributed by atoms with van der Waals surface area (Å²) in [6, 6.07) is 3.02. The highest BCUT2D eigenvalue weighted by molar-refractivity contribution is 6.76. The molecule has 0 aromatic carbocycles. The first-order chi connectivity index (χ1) is 11.5. The number of nitrogens with one attached hydrogen (secondary N) is 1. The van der Waals surface area contributed by atoms with Crippen molar-refractivity contribution in [3.63, 3.8) is 0 Å². The molecule has 0 aliphatic heterocycles. The smallest absolute Gasteiger partial charge is 0.361 e. The second-order valence-corrected chi connectivity index (χ2v) is 12.7. The standard InChI is InChI=1S/C16H23F3N4OSi/c1-12-9-13(16(17,18)19)10-14(21-12)22-15-20-5-6-23(15)11-24-7-8-25(2,3)4/h5-6,9-10H,7-8,11H2,1-4H3,(H,20,21,22). The SMILES string of the molecule is Cc1cc(C(F)(F)F)cc(Nc2nccn2COCC[Si](C)(C)C)n1. The van der Waals surface area contributed by atoms with E-state index in [2.05, 4.69) is 34.9 Å². The number of rotatable bonds is 7. The molecule has 0 amide bonds. The van der Waals surface area contributed by atoms with Crippen molar-refractivity contribution >= 4 is 19.8 Å². The molecule has 138 valence electrons. The van der Waals surface area contributed by atoms with Crippen LogP contribution in [0.1, 0.15) is 11.3 Å². The Morgan fingerprint density at radius 1 is 1.24 bits per heavy atom. The average molecular weight is 372 g/mol. The fourth-order valence-electron chi connectivity index (χ4n) is 2.09. The molecule has 0 aliphatic rings. The highest BCUT2D eigenvalue weighted by Gasteiger charge is 2.31. The number of pyridine rings is 1. The third-order valence-corrected chi connectivity index (χ3v) is 5.17. The number of anilines is 2. The molecular formula is C16H23F3N4OSi. The Morgan fingerprint density at radius 2 is 1.96 bits per heavy atom. The first-order valence-corrected chi connectivity index (χ1v) is 11.7. The summed E-state index contributed by atoms with van der Waals surface area (Å²) in [4.78, 5) is 8.21. The van der Waals surface area contributed by atoms with Crippen LogP contribution in [0, 0.1) is 6.92 Å². The van der Waals surface area contributed by atoms with Crippen molar-refractivity contribution in [3.05, 3.63) is 35.8 Å². The van der Waals surface area contributed by atoms with Crippen molar-refractivity contribution in [3.8, 4) is 0 Å². The molecule has 0 saturated carbocycles. The number of ether oxygens (including phenoxy) is 1. The molecule has 9 heteroatoms. The molecular weight excluding hydrogens is 349 g/mol. The number of halogens is 3. The van der Waals surface area contributed by atoms with Crippen molar-refractivity contribution in [2.75, 3.05) is 11.9 Å². The predicted octanol–water partition coefficient (Wildman–Crippen LogP) is 4.66. The highest BCUT2D eigenvalue weighted by Crippen LogP contribution is 2.31. The van der Waals surface area contributed by atoms with E-state index in [1.807, 2.05) is 0 Å². The minimum absolute atomic E-state index is 0.0990. The van der Waals surface area contributed by atoms with Gasteiger partial charge in [-0.2, -0.15) is 13.2 Å². The fourth-order valence-corrected chi connectivity index (χ4v) is 2.85. The minimum atomic E-state index is -4.42. The number of nitrogens with zero attached hydrogens (tertiary/aromatic N) is 3. The van der Waals surface area contributed by atoms with Gasteiger partial charge in [-0.1, -0.05) is 19.6 Å². The molecule has 0 fully saturated rings. The number of alkyl halides is 3. The quantitative estimate of drug-likeness (QED) is 0.567. The van der Waals surface area contributed by atoms with E-state index in [0.29, 0.717) is 12.6 Å². The second kappa shape index (κ2) is 7.57. The number of hydrogen-bond donors (Lipinski definition) is 1. The van der Waals surface area contributed by atoms with Gasteiger partial charge in [-0.05, 0) is 25.1 Å². The van der Waals surface area contributed by atoms with Gasteiger partial charge in [-0.25, -0.2) is 9.97 Å². The third kappa shape index (κ3) is 6.17. The van der Waals surface area contributed by atoms with E-state index in [9.17, 15) is 13.2 Å². The Kier molecular flexibility index (Phi) is 5.89. The summed E-state index contributed by atoms with van der Waals surface area (Å²) >= 11 is 0. The van der Waals surface area contributed by atoms with Crippen molar-refractivity contribution in [1.82, 2.24) is 14.5 Å². The van der Waals surface area contributed by atoms with Crippen LogP contribution in [0.25, 0.3) is 0 Å². The maximum Gasteiger partial charge on any atom is 0.416 e. The van der Waals surface area contributed by atoms with Gasteiger partial charge in [0.1, 0.15) is 12.5 Å². The molecule has 0 bridgehead atoms. The van der Waals surface area contributed by atoms with Crippen molar-refractivity contribution in [1.29, 1.82) is 0 Å². The maximum atomic E-state index is 12.9.